The van der Waals surface area contributed by atoms with Crippen LogP contribution in [0.15, 0.2) is 29.2 Å². The molecular formula is C8H8ClNO3S. The molecule has 1 rings (SSSR count). The molecule has 0 spiro atoms. The van der Waals surface area contributed by atoms with Gasteiger partial charge in [0.15, 0.2) is 0 Å². The maximum absolute atomic E-state index is 11.6. The summed E-state index contributed by atoms with van der Waals surface area (Å²) in [5.41, 5.74) is 0. The Morgan fingerprint density at radius 1 is 1.50 bits per heavy atom. The topological polar surface area (TPSA) is 63.2 Å². The highest BCUT2D eigenvalue weighted by Crippen LogP contribution is 2.19. The van der Waals surface area contributed by atoms with Crippen LogP contribution in [0, 0.1) is 0 Å². The van der Waals surface area contributed by atoms with Crippen molar-refractivity contribution in [2.24, 2.45) is 0 Å². The Balaban J connectivity index is 3.07. The lowest BCUT2D eigenvalue weighted by molar-refractivity contribution is -0.117. The second kappa shape index (κ2) is 3.98. The van der Waals surface area contributed by atoms with Crippen molar-refractivity contribution >= 4 is 27.5 Å². The Hall–Kier alpha value is -1.07. The number of sulfonamides is 1. The molecule has 0 aliphatic heterocycles. The van der Waals surface area contributed by atoms with E-state index in [1.54, 1.807) is 0 Å². The quantitative estimate of drug-likeness (QED) is 0.838. The molecule has 0 unspecified atom stereocenters. The summed E-state index contributed by atoms with van der Waals surface area (Å²) >= 11 is 5.64. The molecule has 0 aliphatic carbocycles. The van der Waals surface area contributed by atoms with Crippen molar-refractivity contribution in [3.8, 4) is 0 Å². The Bertz CT molecular complexity index is 541. The van der Waals surface area contributed by atoms with E-state index < -0.39 is 22.8 Å². The highest BCUT2D eigenvalue weighted by atomic mass is 35.5. The molecule has 1 aromatic carbocycles. The number of halogens is 1. The van der Waals surface area contributed by atoms with Crippen LogP contribution >= 0.6 is 11.6 Å². The fourth-order valence-corrected chi connectivity index (χ4v) is 2.22. The predicted molar refractivity (Wildman–Crippen MR) is 52.5 cm³/mol. The van der Waals surface area contributed by atoms with Crippen LogP contribution in [0.4, 0.5) is 0 Å². The summed E-state index contributed by atoms with van der Waals surface area (Å²) in [6.45, 7) is -3.03. The summed E-state index contributed by atoms with van der Waals surface area (Å²) in [5, 5.41) is -0.0988. The molecule has 0 aromatic heterocycles. The first-order valence-electron chi connectivity index (χ1n) is 4.96. The van der Waals surface area contributed by atoms with Gasteiger partial charge in [0.2, 0.25) is 5.91 Å². The summed E-state index contributed by atoms with van der Waals surface area (Å²) in [4.78, 5) is 10.7. The van der Waals surface area contributed by atoms with Gasteiger partial charge in [0.05, 0.1) is 5.02 Å². The van der Waals surface area contributed by atoms with E-state index in [1.165, 1.54) is 22.9 Å². The molecule has 1 amide bonds. The van der Waals surface area contributed by atoms with Gasteiger partial charge in [-0.3, -0.25) is 4.79 Å². The van der Waals surface area contributed by atoms with Gasteiger partial charge in [-0.05, 0) is 12.1 Å². The molecule has 0 atom stereocenters. The number of amides is 1. The van der Waals surface area contributed by atoms with Gasteiger partial charge in [-0.2, -0.15) is 0 Å². The SMILES string of the molecule is [2H]C([2H])([2H])C(=O)NS(=O)(=O)c1ccccc1Cl. The Labute approximate surface area is 91.2 Å². The van der Waals surface area contributed by atoms with Gasteiger partial charge in [-0.1, -0.05) is 23.7 Å². The van der Waals surface area contributed by atoms with Crippen molar-refractivity contribution in [3.63, 3.8) is 0 Å². The van der Waals surface area contributed by atoms with Crippen LogP contribution in [0.25, 0.3) is 0 Å². The molecular weight excluding hydrogens is 226 g/mol. The summed E-state index contributed by atoms with van der Waals surface area (Å²) in [5.74, 6) is -1.57. The number of hydrogen-bond acceptors (Lipinski definition) is 3. The van der Waals surface area contributed by atoms with Crippen LogP contribution in [0.5, 0.6) is 0 Å². The minimum Gasteiger partial charge on any atom is -0.274 e. The van der Waals surface area contributed by atoms with Crippen LogP contribution in [0.1, 0.15) is 11.0 Å². The Morgan fingerprint density at radius 3 is 2.71 bits per heavy atom. The van der Waals surface area contributed by atoms with Gasteiger partial charge in [0.25, 0.3) is 10.0 Å². The molecule has 0 bridgehead atoms. The smallest absolute Gasteiger partial charge is 0.265 e. The number of benzene rings is 1. The number of carbonyl (C=O) groups excluding carboxylic acids is 1. The zero-order valence-corrected chi connectivity index (χ0v) is 8.39. The molecule has 0 radical (unpaired) electrons. The summed E-state index contributed by atoms with van der Waals surface area (Å²) < 4.78 is 45.0. The zero-order chi connectivity index (χ0) is 13.3. The third-order valence-corrected chi connectivity index (χ3v) is 3.18. The van der Waals surface area contributed by atoms with E-state index in [2.05, 4.69) is 0 Å². The molecule has 4 nitrogen and oxygen atoms in total. The predicted octanol–water partition coefficient (Wildman–Crippen LogP) is 1.16. The molecule has 14 heavy (non-hydrogen) atoms. The van der Waals surface area contributed by atoms with Crippen molar-refractivity contribution in [1.82, 2.24) is 4.72 Å². The van der Waals surface area contributed by atoms with E-state index in [1.807, 2.05) is 0 Å². The zero-order valence-electron chi connectivity index (χ0n) is 9.82. The van der Waals surface area contributed by atoms with Crippen molar-refractivity contribution in [3.05, 3.63) is 29.3 Å². The third-order valence-electron chi connectivity index (χ3n) is 1.35. The summed E-state index contributed by atoms with van der Waals surface area (Å²) in [6, 6.07) is 5.39. The van der Waals surface area contributed by atoms with Gasteiger partial charge in [-0.25, -0.2) is 13.1 Å². The minimum atomic E-state index is -4.26. The monoisotopic (exact) mass is 236 g/mol. The Morgan fingerprint density at radius 2 is 2.14 bits per heavy atom. The molecule has 0 heterocycles. The molecule has 0 fully saturated rings. The third kappa shape index (κ3) is 2.46. The summed E-state index contributed by atoms with van der Waals surface area (Å²) in [7, 11) is -4.26. The normalized spacial score (nSPS) is 15.1. The van der Waals surface area contributed by atoms with Crippen LogP contribution < -0.4 is 4.72 Å². The lowest BCUT2D eigenvalue weighted by Crippen LogP contribution is -2.28. The molecule has 1 aromatic rings. The number of nitrogens with one attached hydrogen (secondary N) is 1. The summed E-state index contributed by atoms with van der Waals surface area (Å²) in [6.07, 6.45) is 0. The average Bonchev–Trinajstić information content (AvgIpc) is 2.15. The maximum Gasteiger partial charge on any atom is 0.265 e. The molecule has 1 N–H and O–H groups in total. The van der Waals surface area contributed by atoms with E-state index in [-0.39, 0.29) is 9.92 Å². The van der Waals surface area contributed by atoms with Gasteiger partial charge in [-0.15, -0.1) is 0 Å². The van der Waals surface area contributed by atoms with Gasteiger partial charge in [0, 0.05) is 11.0 Å². The molecule has 6 heteroatoms. The average molecular weight is 237 g/mol. The first-order valence-corrected chi connectivity index (χ1v) is 5.32. The van der Waals surface area contributed by atoms with Crippen LogP contribution in [0.3, 0.4) is 0 Å². The van der Waals surface area contributed by atoms with Gasteiger partial charge < -0.3 is 0 Å². The van der Waals surface area contributed by atoms with E-state index in [9.17, 15) is 13.2 Å². The molecule has 76 valence electrons. The van der Waals surface area contributed by atoms with Gasteiger partial charge >= 0.3 is 0 Å². The fourth-order valence-electron chi connectivity index (χ4n) is 0.840. The van der Waals surface area contributed by atoms with Crippen LogP contribution in [0.2, 0.25) is 5.02 Å². The van der Waals surface area contributed by atoms with Crippen LogP contribution in [-0.4, -0.2) is 14.3 Å². The maximum atomic E-state index is 11.6. The first kappa shape index (κ1) is 7.25. The number of rotatable bonds is 2. The largest absolute Gasteiger partial charge is 0.274 e. The number of carbonyl (C=O) groups is 1. The first-order chi connectivity index (χ1) is 7.64. The van der Waals surface area contributed by atoms with E-state index in [0.29, 0.717) is 0 Å². The van der Waals surface area contributed by atoms with Crippen molar-refractivity contribution in [2.75, 3.05) is 0 Å². The standard InChI is InChI=1S/C8H8ClNO3S/c1-6(11)10-14(12,13)8-5-3-2-4-7(8)9/h2-5H,1H3,(H,10,11)/i1D3. The van der Waals surface area contributed by atoms with E-state index in [4.69, 9.17) is 15.7 Å². The highest BCUT2D eigenvalue weighted by molar-refractivity contribution is 7.90. The van der Waals surface area contributed by atoms with Crippen molar-refractivity contribution < 1.29 is 17.3 Å². The number of hydrogen-bond donors (Lipinski definition) is 1. The van der Waals surface area contributed by atoms with Crippen molar-refractivity contribution in [2.45, 2.75) is 11.7 Å². The Kier molecular flexibility index (Phi) is 2.06. The lowest BCUT2D eigenvalue weighted by Gasteiger charge is -2.05. The minimum absolute atomic E-state index is 0.0988. The molecule has 0 saturated heterocycles. The van der Waals surface area contributed by atoms with E-state index in [0.717, 1.165) is 6.07 Å². The highest BCUT2D eigenvalue weighted by Gasteiger charge is 2.17. The van der Waals surface area contributed by atoms with Gasteiger partial charge in [0.1, 0.15) is 4.90 Å². The van der Waals surface area contributed by atoms with Crippen molar-refractivity contribution in [1.29, 1.82) is 0 Å². The second-order valence-electron chi connectivity index (χ2n) is 2.37. The lowest BCUT2D eigenvalue weighted by atomic mass is 10.4. The molecule has 0 aliphatic rings. The fraction of sp³-hybridized carbons (Fsp3) is 0.125. The van der Waals surface area contributed by atoms with E-state index >= 15 is 0 Å². The molecule has 0 saturated carbocycles. The van der Waals surface area contributed by atoms with Crippen LogP contribution in [-0.2, 0) is 14.8 Å². The second-order valence-corrected chi connectivity index (χ2v) is 4.42.